The van der Waals surface area contributed by atoms with Crippen molar-refractivity contribution in [2.24, 2.45) is 0 Å². The Kier molecular flexibility index (Phi) is 5.77. The monoisotopic (exact) mass is 143 g/mol. The van der Waals surface area contributed by atoms with Gasteiger partial charge in [-0.05, 0) is 19.4 Å². The van der Waals surface area contributed by atoms with Gasteiger partial charge in [0.15, 0.2) is 0 Å². The molecule has 0 aliphatic heterocycles. The lowest BCUT2D eigenvalue weighted by Gasteiger charge is -1.97. The molecule has 0 spiro atoms. The second-order valence-electron chi connectivity index (χ2n) is 1.87. The fraction of sp³-hybridized carbons (Fsp3) is 0.571. The van der Waals surface area contributed by atoms with Crippen molar-refractivity contribution in [1.82, 2.24) is 5.32 Å². The van der Waals surface area contributed by atoms with Gasteiger partial charge in [0.25, 0.3) is 0 Å². The zero-order chi connectivity index (χ0) is 7.82. The third-order valence-corrected chi connectivity index (χ3v) is 0.952. The number of nitrogens with one attached hydrogen (secondary N) is 1. The molecule has 0 atom stereocenters. The van der Waals surface area contributed by atoms with Gasteiger partial charge in [0.1, 0.15) is 0 Å². The molecule has 0 saturated heterocycles. The highest BCUT2D eigenvalue weighted by atomic mass is 16.3. The van der Waals surface area contributed by atoms with Gasteiger partial charge in [-0.2, -0.15) is 0 Å². The van der Waals surface area contributed by atoms with Gasteiger partial charge in [-0.1, -0.05) is 6.08 Å². The summed E-state index contributed by atoms with van der Waals surface area (Å²) in [6.07, 6.45) is 3.74. The molecule has 2 N–H and O–H groups in total. The summed E-state index contributed by atoms with van der Waals surface area (Å²) in [4.78, 5) is 10.6. The maximum absolute atomic E-state index is 10.6. The molecule has 0 aromatic rings. The molecule has 0 fully saturated rings. The Balaban J connectivity index is 3.22. The van der Waals surface area contributed by atoms with E-state index in [9.17, 15) is 4.79 Å². The Morgan fingerprint density at radius 1 is 1.70 bits per heavy atom. The van der Waals surface area contributed by atoms with Crippen molar-refractivity contribution in [3.05, 3.63) is 12.2 Å². The van der Waals surface area contributed by atoms with E-state index in [1.165, 1.54) is 6.08 Å². The summed E-state index contributed by atoms with van der Waals surface area (Å²) in [5.41, 5.74) is 0. The quantitative estimate of drug-likeness (QED) is 0.432. The van der Waals surface area contributed by atoms with Crippen LogP contribution in [0.5, 0.6) is 0 Å². The fourth-order valence-electron chi connectivity index (χ4n) is 0.501. The average molecular weight is 143 g/mol. The van der Waals surface area contributed by atoms with Gasteiger partial charge in [0.05, 0.1) is 0 Å². The summed E-state index contributed by atoms with van der Waals surface area (Å²) in [5, 5.41) is 10.9. The first kappa shape index (κ1) is 9.17. The standard InChI is InChI=1S/C7H13NO2/c1-2-4-7(10)8-5-3-6-9/h2,4,9H,3,5-6H2,1H3,(H,8,10)/b4-2+. The first-order chi connectivity index (χ1) is 4.81. The predicted octanol–water partition coefficient (Wildman–Crippen LogP) is 0.0611. The number of carbonyl (C=O) groups excluding carboxylic acids is 1. The van der Waals surface area contributed by atoms with Crippen LogP contribution in [-0.4, -0.2) is 24.2 Å². The summed E-state index contributed by atoms with van der Waals surface area (Å²) in [6.45, 7) is 2.45. The maximum atomic E-state index is 10.6. The number of amides is 1. The zero-order valence-electron chi connectivity index (χ0n) is 6.13. The summed E-state index contributed by atoms with van der Waals surface area (Å²) >= 11 is 0. The molecule has 0 aliphatic carbocycles. The van der Waals surface area contributed by atoms with Crippen LogP contribution in [-0.2, 0) is 4.79 Å². The van der Waals surface area contributed by atoms with Gasteiger partial charge < -0.3 is 10.4 Å². The first-order valence-corrected chi connectivity index (χ1v) is 3.32. The van der Waals surface area contributed by atoms with Gasteiger partial charge in [0, 0.05) is 13.2 Å². The van der Waals surface area contributed by atoms with Crippen LogP contribution in [0.25, 0.3) is 0 Å². The number of aliphatic hydroxyl groups is 1. The highest BCUT2D eigenvalue weighted by molar-refractivity contribution is 5.87. The first-order valence-electron chi connectivity index (χ1n) is 3.32. The van der Waals surface area contributed by atoms with Crippen molar-refractivity contribution >= 4 is 5.91 Å². The van der Waals surface area contributed by atoms with E-state index in [0.717, 1.165) is 0 Å². The third-order valence-electron chi connectivity index (χ3n) is 0.952. The Hall–Kier alpha value is -0.830. The van der Waals surface area contributed by atoms with E-state index < -0.39 is 0 Å². The third kappa shape index (κ3) is 5.31. The van der Waals surface area contributed by atoms with Crippen molar-refractivity contribution in [1.29, 1.82) is 0 Å². The smallest absolute Gasteiger partial charge is 0.243 e. The fourth-order valence-corrected chi connectivity index (χ4v) is 0.501. The van der Waals surface area contributed by atoms with E-state index in [4.69, 9.17) is 5.11 Å². The lowest BCUT2D eigenvalue weighted by Crippen LogP contribution is -2.22. The lowest BCUT2D eigenvalue weighted by molar-refractivity contribution is -0.116. The highest BCUT2D eigenvalue weighted by Crippen LogP contribution is 1.74. The van der Waals surface area contributed by atoms with E-state index in [1.807, 2.05) is 0 Å². The van der Waals surface area contributed by atoms with Crippen LogP contribution in [0, 0.1) is 0 Å². The molecule has 0 aliphatic rings. The Morgan fingerprint density at radius 3 is 2.90 bits per heavy atom. The van der Waals surface area contributed by atoms with E-state index >= 15 is 0 Å². The molecule has 1 amide bonds. The van der Waals surface area contributed by atoms with Crippen LogP contribution in [0.2, 0.25) is 0 Å². The summed E-state index contributed by atoms with van der Waals surface area (Å²) < 4.78 is 0. The SMILES string of the molecule is C/C=C/C(=O)NCCCO. The molecule has 0 aromatic heterocycles. The normalized spacial score (nSPS) is 10.2. The van der Waals surface area contributed by atoms with Crippen molar-refractivity contribution in [3.63, 3.8) is 0 Å². The summed E-state index contributed by atoms with van der Waals surface area (Å²) in [5.74, 6) is -0.101. The molecule has 0 rings (SSSR count). The van der Waals surface area contributed by atoms with Crippen molar-refractivity contribution in [3.8, 4) is 0 Å². The highest BCUT2D eigenvalue weighted by Gasteiger charge is 1.90. The number of aliphatic hydroxyl groups excluding tert-OH is 1. The molecule has 0 unspecified atom stereocenters. The number of hydrogen-bond acceptors (Lipinski definition) is 2. The molecule has 3 nitrogen and oxygen atoms in total. The summed E-state index contributed by atoms with van der Waals surface area (Å²) in [7, 11) is 0. The minimum absolute atomic E-state index is 0.101. The molecule has 0 bridgehead atoms. The number of allylic oxidation sites excluding steroid dienone is 1. The van der Waals surface area contributed by atoms with E-state index in [1.54, 1.807) is 13.0 Å². The van der Waals surface area contributed by atoms with Crippen LogP contribution in [0.1, 0.15) is 13.3 Å². The number of carbonyl (C=O) groups is 1. The zero-order valence-corrected chi connectivity index (χ0v) is 6.13. The van der Waals surface area contributed by atoms with Crippen LogP contribution < -0.4 is 5.32 Å². The van der Waals surface area contributed by atoms with Gasteiger partial charge in [0.2, 0.25) is 5.91 Å². The molecule has 3 heteroatoms. The van der Waals surface area contributed by atoms with Gasteiger partial charge in [-0.25, -0.2) is 0 Å². The minimum Gasteiger partial charge on any atom is -0.396 e. The lowest BCUT2D eigenvalue weighted by atomic mass is 10.4. The Morgan fingerprint density at radius 2 is 2.40 bits per heavy atom. The Labute approximate surface area is 60.7 Å². The molecule has 0 saturated carbocycles. The Bertz CT molecular complexity index is 121. The van der Waals surface area contributed by atoms with E-state index in [2.05, 4.69) is 5.32 Å². The van der Waals surface area contributed by atoms with Crippen LogP contribution in [0.15, 0.2) is 12.2 Å². The van der Waals surface area contributed by atoms with Crippen molar-refractivity contribution in [2.45, 2.75) is 13.3 Å². The topological polar surface area (TPSA) is 49.3 Å². The summed E-state index contributed by atoms with van der Waals surface area (Å²) in [6, 6.07) is 0. The molecular formula is C7H13NO2. The predicted molar refractivity (Wildman–Crippen MR) is 39.5 cm³/mol. The molecule has 0 heterocycles. The molecule has 58 valence electrons. The largest absolute Gasteiger partial charge is 0.396 e. The van der Waals surface area contributed by atoms with Gasteiger partial charge in [-0.15, -0.1) is 0 Å². The number of rotatable bonds is 4. The van der Waals surface area contributed by atoms with E-state index in [0.29, 0.717) is 13.0 Å². The molecular weight excluding hydrogens is 130 g/mol. The second kappa shape index (κ2) is 6.29. The number of hydrogen-bond donors (Lipinski definition) is 2. The van der Waals surface area contributed by atoms with Crippen molar-refractivity contribution in [2.75, 3.05) is 13.2 Å². The van der Waals surface area contributed by atoms with Crippen LogP contribution in [0.4, 0.5) is 0 Å². The second-order valence-corrected chi connectivity index (χ2v) is 1.87. The van der Waals surface area contributed by atoms with E-state index in [-0.39, 0.29) is 12.5 Å². The molecule has 10 heavy (non-hydrogen) atoms. The molecule has 0 aromatic carbocycles. The van der Waals surface area contributed by atoms with Crippen molar-refractivity contribution < 1.29 is 9.90 Å². The maximum Gasteiger partial charge on any atom is 0.243 e. The molecule has 0 radical (unpaired) electrons. The minimum atomic E-state index is -0.101. The van der Waals surface area contributed by atoms with Gasteiger partial charge >= 0.3 is 0 Å². The van der Waals surface area contributed by atoms with Crippen LogP contribution in [0.3, 0.4) is 0 Å². The average Bonchev–Trinajstić information content (AvgIpc) is 1.89. The van der Waals surface area contributed by atoms with Gasteiger partial charge in [-0.3, -0.25) is 4.79 Å². The van der Waals surface area contributed by atoms with Crippen LogP contribution >= 0.6 is 0 Å².